The van der Waals surface area contributed by atoms with Crippen molar-refractivity contribution in [2.24, 2.45) is 0 Å². The molecule has 9 nitrogen and oxygen atoms in total. The molecule has 3 N–H and O–H groups in total. The fourth-order valence-corrected chi connectivity index (χ4v) is 6.68. The summed E-state index contributed by atoms with van der Waals surface area (Å²) in [5.41, 5.74) is 1.74. The van der Waals surface area contributed by atoms with Crippen molar-refractivity contribution in [1.29, 1.82) is 5.26 Å². The summed E-state index contributed by atoms with van der Waals surface area (Å²) in [5, 5.41) is 17.3. The van der Waals surface area contributed by atoms with E-state index < -0.39 is 7.14 Å². The second kappa shape index (κ2) is 9.19. The lowest BCUT2D eigenvalue weighted by Crippen LogP contribution is -2.36. The maximum Gasteiger partial charge on any atom is 0.231 e. The number of nitrogens with zero attached hydrogens (tertiary/aromatic N) is 4. The number of anilines is 3. The van der Waals surface area contributed by atoms with Crippen LogP contribution in [-0.4, -0.2) is 65.5 Å². The highest BCUT2D eigenvalue weighted by atomic mass is 31.2. The molecule has 0 spiro atoms. The van der Waals surface area contributed by atoms with Gasteiger partial charge in [0.25, 0.3) is 0 Å². The molecule has 1 fully saturated rings. The summed E-state index contributed by atoms with van der Waals surface area (Å²) in [7, 11) is -0.840. The number of fused-ring (bicyclic) bond motifs is 1. The molecule has 0 aliphatic carbocycles. The molecule has 2 aromatic heterocycles. The minimum atomic E-state index is -2.44. The zero-order chi connectivity index (χ0) is 22.7. The first kappa shape index (κ1) is 22.1. The Kier molecular flexibility index (Phi) is 6.35. The first-order valence-electron chi connectivity index (χ1n) is 10.8. The van der Waals surface area contributed by atoms with E-state index in [4.69, 9.17) is 4.74 Å². The molecule has 4 rings (SSSR count). The highest BCUT2D eigenvalue weighted by molar-refractivity contribution is 7.71. The van der Waals surface area contributed by atoms with Gasteiger partial charge in [-0.3, -0.25) is 0 Å². The van der Waals surface area contributed by atoms with Gasteiger partial charge in [-0.05, 0) is 31.7 Å². The first-order valence-corrected chi connectivity index (χ1v) is 12.9. The number of H-pyrrole nitrogens is 1. The van der Waals surface area contributed by atoms with Crippen LogP contribution < -0.4 is 20.7 Å². The molecule has 0 unspecified atom stereocenters. The smallest absolute Gasteiger partial charge is 0.231 e. The van der Waals surface area contributed by atoms with Gasteiger partial charge in [0, 0.05) is 43.5 Å². The number of aromatic amines is 1. The summed E-state index contributed by atoms with van der Waals surface area (Å²) in [5.74, 6) is 1.54. The van der Waals surface area contributed by atoms with Crippen LogP contribution in [0.4, 0.5) is 17.5 Å². The molecular formula is C22H28N7O2P. The summed E-state index contributed by atoms with van der Waals surface area (Å²) < 4.78 is 19.2. The van der Waals surface area contributed by atoms with Crippen LogP contribution in [0.3, 0.4) is 0 Å². The fourth-order valence-electron chi connectivity index (χ4n) is 4.03. The van der Waals surface area contributed by atoms with Crippen molar-refractivity contribution in [3.63, 3.8) is 0 Å². The highest BCUT2D eigenvalue weighted by Crippen LogP contribution is 2.47. The van der Waals surface area contributed by atoms with Crippen LogP contribution in [0.15, 0.2) is 24.4 Å². The van der Waals surface area contributed by atoms with Crippen LogP contribution >= 0.6 is 7.14 Å². The summed E-state index contributed by atoms with van der Waals surface area (Å²) in [6, 6.07) is 7.82. The van der Waals surface area contributed by atoms with Crippen molar-refractivity contribution in [1.82, 2.24) is 19.9 Å². The number of nitrogens with one attached hydrogen (secondary N) is 3. The molecule has 0 radical (unpaired) electrons. The lowest BCUT2D eigenvalue weighted by Gasteiger charge is -2.31. The minimum Gasteiger partial charge on any atom is -0.495 e. The van der Waals surface area contributed by atoms with Crippen molar-refractivity contribution < 1.29 is 9.30 Å². The second-order valence-electron chi connectivity index (χ2n) is 7.74. The molecule has 0 bridgehead atoms. The van der Waals surface area contributed by atoms with Crippen LogP contribution in [0.5, 0.6) is 5.75 Å². The van der Waals surface area contributed by atoms with E-state index in [0.29, 0.717) is 58.7 Å². The number of ether oxygens (including phenoxy) is 1. The molecule has 168 valence electrons. The summed E-state index contributed by atoms with van der Waals surface area (Å²) in [6.45, 7) is 7.46. The predicted octanol–water partition coefficient (Wildman–Crippen LogP) is 3.34. The average Bonchev–Trinajstić information content (AvgIpc) is 3.23. The Hall–Kier alpha value is -3.08. The van der Waals surface area contributed by atoms with Gasteiger partial charge in [-0.1, -0.05) is 6.92 Å². The zero-order valence-corrected chi connectivity index (χ0v) is 19.5. The van der Waals surface area contributed by atoms with Gasteiger partial charge in [-0.25, -0.2) is 0 Å². The Morgan fingerprint density at radius 1 is 1.28 bits per heavy atom. The van der Waals surface area contributed by atoms with Gasteiger partial charge in [0.05, 0.1) is 23.7 Å². The second-order valence-corrected chi connectivity index (χ2v) is 10.9. The predicted molar refractivity (Wildman–Crippen MR) is 128 cm³/mol. The topological polar surface area (TPSA) is 119 Å². The Morgan fingerprint density at radius 2 is 2.06 bits per heavy atom. The summed E-state index contributed by atoms with van der Waals surface area (Å²) >= 11 is 0. The van der Waals surface area contributed by atoms with E-state index in [1.54, 1.807) is 13.3 Å². The van der Waals surface area contributed by atoms with Crippen molar-refractivity contribution in [3.8, 4) is 11.8 Å². The van der Waals surface area contributed by atoms with Crippen molar-refractivity contribution in [2.75, 3.05) is 56.2 Å². The van der Waals surface area contributed by atoms with Gasteiger partial charge in [-0.2, -0.15) is 15.2 Å². The molecule has 0 atom stereocenters. The molecule has 0 amide bonds. The standard InChI is InChI=1S/C22H28N7O2P/c1-4-24-20-19-15(13-23)14-25-21(19)28-22(27-20)26-17-7-6-16(12-18(17)31-3)32(30)10-8-29(5-2)9-11-32/h6-7,12,14H,4-5,8-11H2,1-3H3,(H3,24,25,26,27,28). The van der Waals surface area contributed by atoms with Crippen molar-refractivity contribution >= 4 is 40.9 Å². The molecule has 3 aromatic rings. The number of methoxy groups -OCH3 is 1. The number of benzene rings is 1. The average molecular weight is 453 g/mol. The summed E-state index contributed by atoms with van der Waals surface area (Å²) in [4.78, 5) is 14.4. The number of hydrogen-bond donors (Lipinski definition) is 3. The van der Waals surface area contributed by atoms with E-state index in [-0.39, 0.29) is 0 Å². The van der Waals surface area contributed by atoms with E-state index in [1.165, 1.54) is 0 Å². The number of hydrogen-bond acceptors (Lipinski definition) is 8. The largest absolute Gasteiger partial charge is 0.495 e. The molecule has 0 saturated carbocycles. The highest BCUT2D eigenvalue weighted by Gasteiger charge is 2.30. The molecular weight excluding hydrogens is 425 g/mol. The summed E-state index contributed by atoms with van der Waals surface area (Å²) in [6.07, 6.45) is 3.01. The zero-order valence-electron chi connectivity index (χ0n) is 18.6. The van der Waals surface area contributed by atoms with Crippen molar-refractivity contribution in [3.05, 3.63) is 30.0 Å². The number of nitriles is 1. The van der Waals surface area contributed by atoms with Gasteiger partial charge in [0.15, 0.2) is 0 Å². The fraction of sp³-hybridized carbons (Fsp3) is 0.409. The van der Waals surface area contributed by atoms with E-state index in [2.05, 4.69) is 43.5 Å². The first-order chi connectivity index (χ1) is 15.5. The Labute approximate surface area is 187 Å². The molecule has 1 aliphatic rings. The lowest BCUT2D eigenvalue weighted by molar-refractivity contribution is 0.312. The third kappa shape index (κ3) is 4.16. The maximum absolute atomic E-state index is 13.6. The van der Waals surface area contributed by atoms with E-state index in [1.807, 2.05) is 25.1 Å². The molecule has 1 aromatic carbocycles. The molecule has 1 aliphatic heterocycles. The van der Waals surface area contributed by atoms with Crippen LogP contribution in [0, 0.1) is 11.3 Å². The Morgan fingerprint density at radius 3 is 2.72 bits per heavy atom. The molecule has 32 heavy (non-hydrogen) atoms. The van der Waals surface area contributed by atoms with Crippen molar-refractivity contribution in [2.45, 2.75) is 13.8 Å². The minimum absolute atomic E-state index is 0.369. The van der Waals surface area contributed by atoms with Gasteiger partial charge < -0.3 is 29.8 Å². The normalized spacial score (nSPS) is 15.9. The third-order valence-corrected chi connectivity index (χ3v) is 8.96. The van der Waals surface area contributed by atoms with Gasteiger partial charge in [0.2, 0.25) is 5.95 Å². The SMILES string of the molecule is CCNc1nc(Nc2ccc(P3(=O)CCN(CC)CC3)cc2OC)nc2[nH]cc(C#N)c12. The van der Waals surface area contributed by atoms with Gasteiger partial charge >= 0.3 is 0 Å². The van der Waals surface area contributed by atoms with Crippen LogP contribution in [0.1, 0.15) is 19.4 Å². The third-order valence-electron chi connectivity index (χ3n) is 5.90. The number of rotatable bonds is 7. The van der Waals surface area contributed by atoms with E-state index in [9.17, 15) is 9.83 Å². The monoisotopic (exact) mass is 453 g/mol. The number of aromatic nitrogens is 3. The molecule has 10 heteroatoms. The van der Waals surface area contributed by atoms with E-state index in [0.717, 1.165) is 24.9 Å². The quantitative estimate of drug-likeness (QED) is 0.466. The van der Waals surface area contributed by atoms with Crippen LogP contribution in [-0.2, 0) is 4.57 Å². The molecule has 1 saturated heterocycles. The van der Waals surface area contributed by atoms with Crippen LogP contribution in [0.25, 0.3) is 11.0 Å². The van der Waals surface area contributed by atoms with Gasteiger partial charge in [0.1, 0.15) is 30.4 Å². The maximum atomic E-state index is 13.6. The van der Waals surface area contributed by atoms with E-state index >= 15 is 0 Å². The van der Waals surface area contributed by atoms with Crippen LogP contribution in [0.2, 0.25) is 0 Å². The molecule has 3 heterocycles. The lowest BCUT2D eigenvalue weighted by atomic mass is 10.2. The van der Waals surface area contributed by atoms with Gasteiger partial charge in [-0.15, -0.1) is 0 Å². The Balaban J connectivity index is 1.64. The Bertz CT molecular complexity index is 1200.